The average molecular weight is 390 g/mol. The molecule has 1 saturated heterocycles. The van der Waals surface area contributed by atoms with Crippen molar-refractivity contribution in [2.45, 2.75) is 6.92 Å². The highest BCUT2D eigenvalue weighted by atomic mass is 19.1. The van der Waals surface area contributed by atoms with Crippen LogP contribution in [0.15, 0.2) is 52.9 Å². The predicted octanol–water partition coefficient (Wildman–Crippen LogP) is 3.45. The molecule has 1 fully saturated rings. The Kier molecular flexibility index (Phi) is 4.31. The van der Waals surface area contributed by atoms with Crippen LogP contribution in [-0.2, 0) is 0 Å². The zero-order valence-corrected chi connectivity index (χ0v) is 15.9. The van der Waals surface area contributed by atoms with E-state index in [-0.39, 0.29) is 5.82 Å². The van der Waals surface area contributed by atoms with Crippen LogP contribution in [0.25, 0.3) is 22.4 Å². The summed E-state index contributed by atoms with van der Waals surface area (Å²) in [6.07, 6.45) is 0. The number of piperazine rings is 1. The number of aromatic nitrogens is 4. The average Bonchev–Trinajstić information content (AvgIpc) is 3.19. The van der Waals surface area contributed by atoms with Crippen LogP contribution in [0.5, 0.6) is 0 Å². The van der Waals surface area contributed by atoms with E-state index in [0.717, 1.165) is 29.7 Å². The Labute approximate surface area is 166 Å². The number of aryl methyl sites for hydroxylation is 1. The second-order valence-electron chi connectivity index (χ2n) is 6.97. The lowest BCUT2D eigenvalue weighted by molar-refractivity contribution is 0.530. The van der Waals surface area contributed by atoms with Gasteiger partial charge in [-0.05, 0) is 12.1 Å². The van der Waals surface area contributed by atoms with Gasteiger partial charge in [-0.2, -0.15) is 0 Å². The van der Waals surface area contributed by atoms with Gasteiger partial charge in [0.2, 0.25) is 5.89 Å². The monoisotopic (exact) mass is 390 g/mol. The van der Waals surface area contributed by atoms with Crippen LogP contribution in [0.2, 0.25) is 0 Å². The Morgan fingerprint density at radius 3 is 2.21 bits per heavy atom. The van der Waals surface area contributed by atoms with Crippen molar-refractivity contribution in [3.8, 4) is 11.6 Å². The summed E-state index contributed by atoms with van der Waals surface area (Å²) in [6, 6.07) is 14.8. The molecule has 0 N–H and O–H groups in total. The van der Waals surface area contributed by atoms with E-state index < -0.39 is 0 Å². The minimum Gasteiger partial charge on any atom is -0.420 e. The molecule has 0 radical (unpaired) electrons. The molecule has 2 aromatic heterocycles. The molecule has 5 rings (SSSR count). The van der Waals surface area contributed by atoms with Crippen molar-refractivity contribution in [3.63, 3.8) is 0 Å². The zero-order valence-electron chi connectivity index (χ0n) is 15.9. The molecule has 0 aliphatic carbocycles. The van der Waals surface area contributed by atoms with E-state index in [0.29, 0.717) is 36.3 Å². The van der Waals surface area contributed by atoms with Crippen molar-refractivity contribution in [2.75, 3.05) is 36.0 Å². The minimum atomic E-state index is -0.189. The normalized spacial score (nSPS) is 14.6. The van der Waals surface area contributed by atoms with Crippen LogP contribution in [0.3, 0.4) is 0 Å². The van der Waals surface area contributed by atoms with Crippen molar-refractivity contribution in [1.82, 2.24) is 20.4 Å². The van der Waals surface area contributed by atoms with Crippen molar-refractivity contribution in [3.05, 3.63) is 60.2 Å². The van der Waals surface area contributed by atoms with Gasteiger partial charge in [-0.25, -0.2) is 4.39 Å². The third-order valence-electron chi connectivity index (χ3n) is 5.17. The first-order chi connectivity index (χ1) is 14.2. The van der Waals surface area contributed by atoms with Gasteiger partial charge in [0, 0.05) is 43.9 Å². The highest BCUT2D eigenvalue weighted by molar-refractivity contribution is 5.99. The van der Waals surface area contributed by atoms with Gasteiger partial charge in [-0.15, -0.1) is 20.4 Å². The van der Waals surface area contributed by atoms with E-state index in [1.54, 1.807) is 13.0 Å². The maximum absolute atomic E-state index is 14.1. The number of hydrogen-bond donors (Lipinski definition) is 0. The summed E-state index contributed by atoms with van der Waals surface area (Å²) in [5.74, 6) is 1.47. The van der Waals surface area contributed by atoms with E-state index >= 15 is 0 Å². The fourth-order valence-electron chi connectivity index (χ4n) is 3.74. The molecule has 4 aromatic rings. The SMILES string of the molecule is Cc1nnc(-c2nnc(N3CCN(c4ccccc4F)CC3)c3ccccc23)o1. The Bertz CT molecular complexity index is 1170. The molecule has 0 saturated carbocycles. The number of rotatable bonds is 3. The molecule has 0 unspecified atom stereocenters. The number of hydrogen-bond acceptors (Lipinski definition) is 7. The summed E-state index contributed by atoms with van der Waals surface area (Å²) < 4.78 is 19.7. The fraction of sp³-hybridized carbons (Fsp3) is 0.238. The van der Waals surface area contributed by atoms with Crippen molar-refractivity contribution in [2.24, 2.45) is 0 Å². The first kappa shape index (κ1) is 17.5. The van der Waals surface area contributed by atoms with E-state index in [9.17, 15) is 4.39 Å². The molecule has 3 heterocycles. The molecule has 0 atom stereocenters. The molecule has 29 heavy (non-hydrogen) atoms. The van der Waals surface area contributed by atoms with E-state index in [1.165, 1.54) is 6.07 Å². The molecule has 146 valence electrons. The third kappa shape index (κ3) is 3.16. The van der Waals surface area contributed by atoms with Crippen LogP contribution in [0.4, 0.5) is 15.9 Å². The van der Waals surface area contributed by atoms with Gasteiger partial charge in [-0.3, -0.25) is 0 Å². The van der Waals surface area contributed by atoms with E-state index in [1.807, 2.05) is 36.4 Å². The molecular formula is C21H19FN6O. The molecule has 0 amide bonds. The summed E-state index contributed by atoms with van der Waals surface area (Å²) in [5, 5.41) is 18.8. The van der Waals surface area contributed by atoms with Gasteiger partial charge < -0.3 is 14.2 Å². The minimum absolute atomic E-state index is 0.189. The van der Waals surface area contributed by atoms with Gasteiger partial charge in [-0.1, -0.05) is 36.4 Å². The molecule has 2 aromatic carbocycles. The molecule has 0 spiro atoms. The number of fused-ring (bicyclic) bond motifs is 1. The number of para-hydroxylation sites is 1. The topological polar surface area (TPSA) is 71.2 Å². The third-order valence-corrected chi connectivity index (χ3v) is 5.17. The summed E-state index contributed by atoms with van der Waals surface area (Å²) in [4.78, 5) is 4.26. The quantitative estimate of drug-likeness (QED) is 0.530. The van der Waals surface area contributed by atoms with Gasteiger partial charge in [0.15, 0.2) is 11.5 Å². The standard InChI is InChI=1S/C21H19FN6O/c1-14-23-26-21(29-14)19-15-6-2-3-7-16(15)20(25-24-19)28-12-10-27(11-13-28)18-9-5-4-8-17(18)22/h2-9H,10-13H2,1H3. The predicted molar refractivity (Wildman–Crippen MR) is 108 cm³/mol. The van der Waals surface area contributed by atoms with Crippen LogP contribution < -0.4 is 9.80 Å². The molecular weight excluding hydrogens is 371 g/mol. The maximum Gasteiger partial charge on any atom is 0.268 e. The number of benzene rings is 2. The zero-order chi connectivity index (χ0) is 19.8. The van der Waals surface area contributed by atoms with Crippen molar-refractivity contribution in [1.29, 1.82) is 0 Å². The smallest absolute Gasteiger partial charge is 0.268 e. The fourth-order valence-corrected chi connectivity index (χ4v) is 3.74. The Morgan fingerprint density at radius 2 is 1.48 bits per heavy atom. The van der Waals surface area contributed by atoms with Gasteiger partial charge in [0.1, 0.15) is 5.82 Å². The van der Waals surface area contributed by atoms with Gasteiger partial charge in [0.05, 0.1) is 5.69 Å². The number of halogens is 1. The van der Waals surface area contributed by atoms with Crippen molar-refractivity contribution >= 4 is 22.3 Å². The first-order valence-electron chi connectivity index (χ1n) is 9.51. The summed E-state index contributed by atoms with van der Waals surface area (Å²) >= 11 is 0. The van der Waals surface area contributed by atoms with E-state index in [4.69, 9.17) is 4.42 Å². The molecule has 8 heteroatoms. The second-order valence-corrected chi connectivity index (χ2v) is 6.97. The largest absolute Gasteiger partial charge is 0.420 e. The van der Waals surface area contributed by atoms with Crippen LogP contribution in [-0.4, -0.2) is 46.6 Å². The number of anilines is 2. The van der Waals surface area contributed by atoms with E-state index in [2.05, 4.69) is 30.2 Å². The van der Waals surface area contributed by atoms with Gasteiger partial charge in [0.25, 0.3) is 5.89 Å². The first-order valence-corrected chi connectivity index (χ1v) is 9.51. The Morgan fingerprint density at radius 1 is 0.793 bits per heavy atom. The molecule has 1 aliphatic heterocycles. The lowest BCUT2D eigenvalue weighted by atomic mass is 10.1. The summed E-state index contributed by atoms with van der Waals surface area (Å²) in [7, 11) is 0. The molecule has 1 aliphatic rings. The second kappa shape index (κ2) is 7.12. The van der Waals surface area contributed by atoms with Gasteiger partial charge >= 0.3 is 0 Å². The Balaban J connectivity index is 1.45. The van der Waals surface area contributed by atoms with Crippen LogP contribution >= 0.6 is 0 Å². The Hall–Kier alpha value is -3.55. The van der Waals surface area contributed by atoms with Crippen LogP contribution in [0, 0.1) is 12.7 Å². The van der Waals surface area contributed by atoms with Crippen LogP contribution in [0.1, 0.15) is 5.89 Å². The molecule has 7 nitrogen and oxygen atoms in total. The highest BCUT2D eigenvalue weighted by Crippen LogP contribution is 2.31. The lowest BCUT2D eigenvalue weighted by Gasteiger charge is -2.37. The maximum atomic E-state index is 14.1. The van der Waals surface area contributed by atoms with Crippen molar-refractivity contribution < 1.29 is 8.81 Å². The summed E-state index contributed by atoms with van der Waals surface area (Å²) in [6.45, 7) is 4.62. The lowest BCUT2D eigenvalue weighted by Crippen LogP contribution is -2.47. The summed E-state index contributed by atoms with van der Waals surface area (Å²) in [5.41, 5.74) is 1.22. The number of nitrogens with zero attached hydrogens (tertiary/aromatic N) is 6. The molecule has 0 bridgehead atoms. The highest BCUT2D eigenvalue weighted by Gasteiger charge is 2.23.